The van der Waals surface area contributed by atoms with E-state index in [-0.39, 0.29) is 18.8 Å². The molecule has 0 unspecified atom stereocenters. The van der Waals surface area contributed by atoms with Gasteiger partial charge in [0.1, 0.15) is 5.67 Å². The molecule has 0 heterocycles. The largest absolute Gasteiger partial charge is 0.296 e. The summed E-state index contributed by atoms with van der Waals surface area (Å²) in [6.07, 6.45) is 0.655. The molecule has 0 radical (unpaired) electrons. The van der Waals surface area contributed by atoms with Gasteiger partial charge in [-0.25, -0.2) is 8.78 Å². The highest BCUT2D eigenvalue weighted by Gasteiger charge is 2.43. The van der Waals surface area contributed by atoms with E-state index in [9.17, 15) is 13.6 Å². The normalized spacial score (nSPS) is 36.4. The summed E-state index contributed by atoms with van der Waals surface area (Å²) in [6, 6.07) is 0. The van der Waals surface area contributed by atoms with E-state index in [0.29, 0.717) is 6.42 Å². The summed E-state index contributed by atoms with van der Waals surface area (Å²) in [7, 11) is 0. The van der Waals surface area contributed by atoms with Gasteiger partial charge in [-0.15, -0.1) is 0 Å². The Hall–Kier alpha value is -0.470. The van der Waals surface area contributed by atoms with Crippen molar-refractivity contribution in [3.05, 3.63) is 0 Å². The molecule has 1 saturated carbocycles. The van der Waals surface area contributed by atoms with Crippen molar-refractivity contribution in [3.8, 4) is 0 Å². The zero-order valence-corrected chi connectivity index (χ0v) is 8.36. The second kappa shape index (κ2) is 3.03. The van der Waals surface area contributed by atoms with Gasteiger partial charge in [-0.3, -0.25) is 4.79 Å². The lowest BCUT2D eigenvalue weighted by Crippen LogP contribution is -2.42. The van der Waals surface area contributed by atoms with Crippen molar-refractivity contribution in [2.24, 2.45) is 5.92 Å². The lowest BCUT2D eigenvalue weighted by Gasteiger charge is -2.34. The van der Waals surface area contributed by atoms with Crippen LogP contribution in [0.2, 0.25) is 0 Å². The summed E-state index contributed by atoms with van der Waals surface area (Å²) < 4.78 is 26.8. The highest BCUT2D eigenvalue weighted by Crippen LogP contribution is 2.38. The van der Waals surface area contributed by atoms with Crippen LogP contribution in [0.3, 0.4) is 0 Å². The molecule has 3 heteroatoms. The SMILES string of the molecule is CC(C)(F)[C@@H]1CC[C@](C)(F)C(=O)C1. The Kier molecular flexibility index (Phi) is 2.48. The maximum atomic E-state index is 13.4. The van der Waals surface area contributed by atoms with E-state index >= 15 is 0 Å². The second-order valence-corrected chi connectivity index (χ2v) is 4.62. The Morgan fingerprint density at radius 2 is 2.08 bits per heavy atom. The molecular formula is C10H16F2O. The van der Waals surface area contributed by atoms with Crippen molar-refractivity contribution in [1.82, 2.24) is 0 Å². The minimum absolute atomic E-state index is 0.0382. The molecule has 1 aliphatic rings. The van der Waals surface area contributed by atoms with E-state index in [4.69, 9.17) is 0 Å². The Labute approximate surface area is 77.5 Å². The molecule has 0 aliphatic heterocycles. The Balaban J connectivity index is 2.67. The fourth-order valence-corrected chi connectivity index (χ4v) is 1.71. The van der Waals surface area contributed by atoms with Gasteiger partial charge in [0.15, 0.2) is 11.5 Å². The van der Waals surface area contributed by atoms with Crippen molar-refractivity contribution in [2.75, 3.05) is 0 Å². The number of hydrogen-bond donors (Lipinski definition) is 0. The topological polar surface area (TPSA) is 17.1 Å². The number of carbonyl (C=O) groups excluding carboxylic acids is 1. The van der Waals surface area contributed by atoms with E-state index in [1.807, 2.05) is 0 Å². The lowest BCUT2D eigenvalue weighted by molar-refractivity contribution is -0.136. The quantitative estimate of drug-likeness (QED) is 0.621. The number of carbonyl (C=O) groups is 1. The summed E-state index contributed by atoms with van der Waals surface area (Å²) in [6.45, 7) is 4.19. The number of ketones is 1. The van der Waals surface area contributed by atoms with Gasteiger partial charge in [0, 0.05) is 6.42 Å². The Bertz CT molecular complexity index is 215. The first-order valence-corrected chi connectivity index (χ1v) is 4.64. The molecule has 0 aromatic rings. The standard InChI is InChI=1S/C10H16F2O/c1-9(2,11)7-4-5-10(3,12)8(13)6-7/h7H,4-6H2,1-3H3/t7-,10+/m1/s1. The molecule has 0 bridgehead atoms. The third-order valence-electron chi connectivity index (χ3n) is 2.95. The van der Waals surface area contributed by atoms with Gasteiger partial charge in [-0.2, -0.15) is 0 Å². The third-order valence-corrected chi connectivity index (χ3v) is 2.95. The summed E-state index contributed by atoms with van der Waals surface area (Å²) in [5.74, 6) is -0.765. The molecule has 76 valence electrons. The van der Waals surface area contributed by atoms with Crippen molar-refractivity contribution in [2.45, 2.75) is 51.4 Å². The second-order valence-electron chi connectivity index (χ2n) is 4.62. The highest BCUT2D eigenvalue weighted by molar-refractivity contribution is 5.87. The number of Topliss-reactive ketones (excluding diaryl/α,β-unsaturated/α-hetero) is 1. The molecule has 0 N–H and O–H groups in total. The summed E-state index contributed by atoms with van der Waals surface area (Å²) >= 11 is 0. The molecule has 1 fully saturated rings. The van der Waals surface area contributed by atoms with Crippen molar-refractivity contribution in [3.63, 3.8) is 0 Å². The van der Waals surface area contributed by atoms with Gasteiger partial charge in [0.25, 0.3) is 0 Å². The molecule has 1 aliphatic carbocycles. The van der Waals surface area contributed by atoms with Gasteiger partial charge in [-0.05, 0) is 39.5 Å². The van der Waals surface area contributed by atoms with Crippen molar-refractivity contribution < 1.29 is 13.6 Å². The molecule has 0 saturated heterocycles. The van der Waals surface area contributed by atoms with Crippen LogP contribution in [0.1, 0.15) is 40.0 Å². The van der Waals surface area contributed by atoms with Gasteiger partial charge in [0.2, 0.25) is 0 Å². The summed E-state index contributed by atoms with van der Waals surface area (Å²) in [4.78, 5) is 11.2. The van der Waals surface area contributed by atoms with Crippen LogP contribution in [0, 0.1) is 5.92 Å². The molecule has 0 aromatic heterocycles. The molecule has 0 spiro atoms. The Morgan fingerprint density at radius 3 is 2.46 bits per heavy atom. The lowest BCUT2D eigenvalue weighted by atomic mass is 9.74. The Morgan fingerprint density at radius 1 is 1.54 bits per heavy atom. The molecule has 0 amide bonds. The van der Waals surface area contributed by atoms with E-state index in [0.717, 1.165) is 0 Å². The number of alkyl halides is 2. The van der Waals surface area contributed by atoms with Crippen LogP contribution < -0.4 is 0 Å². The van der Waals surface area contributed by atoms with Crippen LogP contribution in [0.15, 0.2) is 0 Å². The molecule has 2 atom stereocenters. The molecular weight excluding hydrogens is 174 g/mol. The molecule has 1 nitrogen and oxygen atoms in total. The zero-order chi connectivity index (χ0) is 10.3. The molecule has 1 rings (SSSR count). The van der Waals surface area contributed by atoms with Gasteiger partial charge in [-0.1, -0.05) is 0 Å². The maximum absolute atomic E-state index is 13.4. The first-order chi connectivity index (χ1) is 5.73. The fourth-order valence-electron chi connectivity index (χ4n) is 1.71. The smallest absolute Gasteiger partial charge is 0.170 e. The average molecular weight is 190 g/mol. The van der Waals surface area contributed by atoms with Crippen molar-refractivity contribution >= 4 is 5.78 Å². The summed E-state index contributed by atoms with van der Waals surface area (Å²) in [5.41, 5.74) is -3.09. The minimum Gasteiger partial charge on any atom is -0.296 e. The van der Waals surface area contributed by atoms with Crippen LogP contribution >= 0.6 is 0 Å². The number of rotatable bonds is 1. The minimum atomic E-state index is -1.72. The zero-order valence-electron chi connectivity index (χ0n) is 8.36. The average Bonchev–Trinajstić information content (AvgIpc) is 1.92. The van der Waals surface area contributed by atoms with E-state index in [2.05, 4.69) is 0 Å². The summed E-state index contributed by atoms with van der Waals surface area (Å²) in [5, 5.41) is 0. The first kappa shape index (κ1) is 10.6. The van der Waals surface area contributed by atoms with E-state index in [1.54, 1.807) is 0 Å². The number of halogens is 2. The monoisotopic (exact) mass is 190 g/mol. The van der Waals surface area contributed by atoms with Crippen molar-refractivity contribution in [1.29, 1.82) is 0 Å². The fraction of sp³-hybridized carbons (Fsp3) is 0.900. The first-order valence-electron chi connectivity index (χ1n) is 4.64. The van der Waals surface area contributed by atoms with Crippen LogP contribution in [-0.2, 0) is 4.79 Å². The predicted molar refractivity (Wildman–Crippen MR) is 47.0 cm³/mol. The molecule has 13 heavy (non-hydrogen) atoms. The molecule has 0 aromatic carbocycles. The van der Waals surface area contributed by atoms with Crippen LogP contribution in [0.4, 0.5) is 8.78 Å². The van der Waals surface area contributed by atoms with Crippen LogP contribution in [0.25, 0.3) is 0 Å². The van der Waals surface area contributed by atoms with Gasteiger partial charge >= 0.3 is 0 Å². The predicted octanol–water partition coefficient (Wildman–Crippen LogP) is 2.83. The van der Waals surface area contributed by atoms with Gasteiger partial charge < -0.3 is 0 Å². The highest BCUT2D eigenvalue weighted by atomic mass is 19.1. The van der Waals surface area contributed by atoms with Crippen LogP contribution in [0.5, 0.6) is 0 Å². The van der Waals surface area contributed by atoms with E-state index in [1.165, 1.54) is 20.8 Å². The number of hydrogen-bond acceptors (Lipinski definition) is 1. The maximum Gasteiger partial charge on any atom is 0.170 e. The van der Waals surface area contributed by atoms with Gasteiger partial charge in [0.05, 0.1) is 0 Å². The van der Waals surface area contributed by atoms with E-state index < -0.39 is 17.1 Å². The van der Waals surface area contributed by atoms with Crippen LogP contribution in [-0.4, -0.2) is 17.1 Å². The third kappa shape index (κ3) is 2.26.